The van der Waals surface area contributed by atoms with Crippen molar-refractivity contribution >= 4 is 0 Å². The molecule has 0 aliphatic rings. The molecule has 2 atom stereocenters. The summed E-state index contributed by atoms with van der Waals surface area (Å²) in [7, 11) is 0. The van der Waals surface area contributed by atoms with Crippen LogP contribution in [0.5, 0.6) is 5.75 Å². The molecule has 2 rings (SSSR count). The monoisotopic (exact) mass is 378 g/mol. The molecule has 0 aromatic heterocycles. The summed E-state index contributed by atoms with van der Waals surface area (Å²) in [4.78, 5) is 0. The second kappa shape index (κ2) is 9.26. The smallest absolute Gasteiger partial charge is 0.129 e. The third-order valence-electron chi connectivity index (χ3n) is 4.25. The highest BCUT2D eigenvalue weighted by atomic mass is 19.1. The lowest BCUT2D eigenvalue weighted by molar-refractivity contribution is 0.114. The quantitative estimate of drug-likeness (QED) is 0.660. The van der Waals surface area contributed by atoms with E-state index in [0.717, 1.165) is 23.8 Å². The van der Waals surface area contributed by atoms with Crippen molar-refractivity contribution in [2.75, 3.05) is 13.2 Å². The first-order chi connectivity index (χ1) is 12.6. The zero-order chi connectivity index (χ0) is 20.0. The van der Waals surface area contributed by atoms with Crippen molar-refractivity contribution in [1.82, 2.24) is 5.32 Å². The van der Waals surface area contributed by atoms with E-state index < -0.39 is 23.8 Å². The van der Waals surface area contributed by atoms with E-state index in [0.29, 0.717) is 6.54 Å². The van der Waals surface area contributed by atoms with Crippen LogP contribution in [0.15, 0.2) is 42.5 Å². The molecule has 0 spiro atoms. The van der Waals surface area contributed by atoms with Gasteiger partial charge in [0.05, 0.1) is 12.1 Å². The van der Waals surface area contributed by atoms with Gasteiger partial charge in [-0.15, -0.1) is 0 Å². The van der Waals surface area contributed by atoms with Gasteiger partial charge in [-0.25, -0.2) is 8.78 Å². The van der Waals surface area contributed by atoms with E-state index in [1.807, 2.05) is 12.1 Å². The molecule has 0 aliphatic carbocycles. The van der Waals surface area contributed by atoms with Gasteiger partial charge >= 0.3 is 0 Å². The molecular formula is C21H28F2N2O2. The van der Waals surface area contributed by atoms with Crippen LogP contribution >= 0.6 is 0 Å². The van der Waals surface area contributed by atoms with Gasteiger partial charge in [-0.3, -0.25) is 0 Å². The van der Waals surface area contributed by atoms with Gasteiger partial charge in [0.2, 0.25) is 0 Å². The molecule has 6 heteroatoms. The molecule has 0 saturated carbocycles. The van der Waals surface area contributed by atoms with Crippen LogP contribution in [-0.4, -0.2) is 30.4 Å². The summed E-state index contributed by atoms with van der Waals surface area (Å²) in [5.41, 5.74) is 8.34. The molecule has 2 aromatic rings. The van der Waals surface area contributed by atoms with E-state index in [4.69, 9.17) is 10.5 Å². The molecule has 2 aromatic carbocycles. The Labute approximate surface area is 159 Å². The van der Waals surface area contributed by atoms with Crippen LogP contribution in [0.4, 0.5) is 8.78 Å². The minimum atomic E-state index is -0.853. The summed E-state index contributed by atoms with van der Waals surface area (Å²) in [5, 5.41) is 13.3. The number of benzene rings is 2. The van der Waals surface area contributed by atoms with Gasteiger partial charge in [-0.1, -0.05) is 45.0 Å². The molecule has 0 unspecified atom stereocenters. The summed E-state index contributed by atoms with van der Waals surface area (Å²) in [6.07, 6.45) is -0.853. The van der Waals surface area contributed by atoms with Crippen molar-refractivity contribution in [1.29, 1.82) is 0 Å². The Kier molecular flexibility index (Phi) is 7.30. The number of aliphatic hydroxyl groups excluding tert-OH is 1. The van der Waals surface area contributed by atoms with E-state index in [1.165, 1.54) is 5.56 Å². The third-order valence-corrected chi connectivity index (χ3v) is 4.25. The van der Waals surface area contributed by atoms with Gasteiger partial charge in [0.25, 0.3) is 0 Å². The fourth-order valence-corrected chi connectivity index (χ4v) is 2.58. The van der Waals surface area contributed by atoms with Gasteiger partial charge in [-0.2, -0.15) is 0 Å². The standard InChI is InChI=1S/C21H28F2N2O2/c1-21(2,3)15-6-4-5-14(7-15)11-25-12-20(26)19(24)13-27-18-9-16(22)8-17(23)10-18/h4-10,19-20,25-26H,11-13,24H2,1-3H3/t19-,20-/m0/s1. The minimum Gasteiger partial charge on any atom is -0.492 e. The number of halogens is 2. The van der Waals surface area contributed by atoms with E-state index >= 15 is 0 Å². The molecule has 148 valence electrons. The molecule has 0 saturated heterocycles. The first-order valence-corrected chi connectivity index (χ1v) is 8.98. The van der Waals surface area contributed by atoms with Crippen molar-refractivity contribution in [3.05, 3.63) is 65.2 Å². The molecule has 0 fully saturated rings. The maximum absolute atomic E-state index is 13.1. The van der Waals surface area contributed by atoms with Gasteiger partial charge < -0.3 is 20.9 Å². The van der Waals surface area contributed by atoms with Crippen LogP contribution < -0.4 is 15.8 Å². The van der Waals surface area contributed by atoms with Crippen LogP contribution in [0.2, 0.25) is 0 Å². The maximum Gasteiger partial charge on any atom is 0.129 e. The average molecular weight is 378 g/mol. The summed E-state index contributed by atoms with van der Waals surface area (Å²) in [6.45, 7) is 7.31. The number of hydrogen-bond donors (Lipinski definition) is 3. The Hall–Kier alpha value is -2.02. The van der Waals surface area contributed by atoms with E-state index in [2.05, 4.69) is 38.2 Å². The van der Waals surface area contributed by atoms with Crippen molar-refractivity contribution in [3.63, 3.8) is 0 Å². The van der Waals surface area contributed by atoms with E-state index in [1.54, 1.807) is 0 Å². The van der Waals surface area contributed by atoms with E-state index in [9.17, 15) is 13.9 Å². The first-order valence-electron chi connectivity index (χ1n) is 8.98. The highest BCUT2D eigenvalue weighted by molar-refractivity contribution is 5.28. The third kappa shape index (κ3) is 6.90. The lowest BCUT2D eigenvalue weighted by Gasteiger charge is -2.21. The minimum absolute atomic E-state index is 0.0436. The number of nitrogens with one attached hydrogen (secondary N) is 1. The summed E-state index contributed by atoms with van der Waals surface area (Å²) in [5.74, 6) is -1.40. The number of rotatable bonds is 8. The lowest BCUT2D eigenvalue weighted by Crippen LogP contribution is -2.45. The molecule has 0 heterocycles. The predicted octanol–water partition coefficient (Wildman–Crippen LogP) is 3.12. The van der Waals surface area contributed by atoms with Crippen molar-refractivity contribution in [3.8, 4) is 5.75 Å². The molecule has 0 bridgehead atoms. The first kappa shape index (κ1) is 21.3. The fourth-order valence-electron chi connectivity index (χ4n) is 2.58. The fraction of sp³-hybridized carbons (Fsp3) is 0.429. The Morgan fingerprint density at radius 2 is 1.78 bits per heavy atom. The SMILES string of the molecule is CC(C)(C)c1cccc(CNC[C@H](O)[C@@H](N)COc2cc(F)cc(F)c2)c1. The van der Waals surface area contributed by atoms with Crippen LogP contribution in [0.3, 0.4) is 0 Å². The molecule has 4 N–H and O–H groups in total. The van der Waals surface area contributed by atoms with Gasteiger partial charge in [0.15, 0.2) is 0 Å². The average Bonchev–Trinajstić information content (AvgIpc) is 2.58. The van der Waals surface area contributed by atoms with Crippen LogP contribution in [0.25, 0.3) is 0 Å². The van der Waals surface area contributed by atoms with Gasteiger partial charge in [0.1, 0.15) is 24.0 Å². The van der Waals surface area contributed by atoms with Crippen molar-refractivity contribution < 1.29 is 18.6 Å². The normalized spacial score (nSPS) is 14.0. The lowest BCUT2D eigenvalue weighted by atomic mass is 9.86. The highest BCUT2D eigenvalue weighted by Gasteiger charge is 2.16. The number of aliphatic hydroxyl groups is 1. The van der Waals surface area contributed by atoms with Crippen molar-refractivity contribution in [2.24, 2.45) is 5.73 Å². The Morgan fingerprint density at radius 3 is 2.41 bits per heavy atom. The van der Waals surface area contributed by atoms with Gasteiger partial charge in [0, 0.05) is 31.3 Å². The van der Waals surface area contributed by atoms with Gasteiger partial charge in [-0.05, 0) is 16.5 Å². The summed E-state index contributed by atoms with van der Waals surface area (Å²) < 4.78 is 31.5. The molecular weight excluding hydrogens is 350 g/mol. The van der Waals surface area contributed by atoms with Crippen LogP contribution in [0, 0.1) is 11.6 Å². The molecule has 4 nitrogen and oxygen atoms in total. The number of hydrogen-bond acceptors (Lipinski definition) is 4. The topological polar surface area (TPSA) is 67.5 Å². The highest BCUT2D eigenvalue weighted by Crippen LogP contribution is 2.22. The Morgan fingerprint density at radius 1 is 1.11 bits per heavy atom. The largest absolute Gasteiger partial charge is 0.492 e. The second-order valence-corrected chi connectivity index (χ2v) is 7.73. The predicted molar refractivity (Wildman–Crippen MR) is 103 cm³/mol. The number of nitrogens with two attached hydrogens (primary N) is 1. The molecule has 0 radical (unpaired) electrons. The summed E-state index contributed by atoms with van der Waals surface area (Å²) in [6, 6.07) is 10.5. The number of ether oxygens (including phenoxy) is 1. The van der Waals surface area contributed by atoms with Crippen LogP contribution in [-0.2, 0) is 12.0 Å². The zero-order valence-corrected chi connectivity index (χ0v) is 16.0. The molecule has 0 amide bonds. The van der Waals surface area contributed by atoms with Crippen molar-refractivity contribution in [2.45, 2.75) is 44.9 Å². The Balaban J connectivity index is 1.79. The maximum atomic E-state index is 13.1. The summed E-state index contributed by atoms with van der Waals surface area (Å²) >= 11 is 0. The van der Waals surface area contributed by atoms with Crippen LogP contribution in [0.1, 0.15) is 31.9 Å². The van der Waals surface area contributed by atoms with E-state index in [-0.39, 0.29) is 24.3 Å². The zero-order valence-electron chi connectivity index (χ0n) is 16.0. The molecule has 0 aliphatic heterocycles. The second-order valence-electron chi connectivity index (χ2n) is 7.73. The Bertz CT molecular complexity index is 727. The molecule has 27 heavy (non-hydrogen) atoms.